The summed E-state index contributed by atoms with van der Waals surface area (Å²) >= 11 is 8.55. The Labute approximate surface area is 135 Å². The minimum atomic E-state index is 0.00236. The molecule has 110 valence electrons. The molecule has 3 rings (SSSR count). The molecule has 0 fully saturated rings. The van der Waals surface area contributed by atoms with Crippen LogP contribution in [0.5, 0.6) is 0 Å². The van der Waals surface area contributed by atoms with Crippen LogP contribution in [0.4, 0.5) is 0 Å². The van der Waals surface area contributed by atoms with Crippen molar-refractivity contribution < 1.29 is 0 Å². The smallest absolute Gasteiger partial charge is 0.263 e. The van der Waals surface area contributed by atoms with E-state index in [1.54, 1.807) is 27.2 Å². The van der Waals surface area contributed by atoms with Crippen LogP contribution in [0.1, 0.15) is 21.1 Å². The quantitative estimate of drug-likeness (QED) is 0.741. The summed E-state index contributed by atoms with van der Waals surface area (Å²) in [5, 5.41) is 3.84. The van der Waals surface area contributed by atoms with Crippen LogP contribution in [0, 0.1) is 25.5 Å². The van der Waals surface area contributed by atoms with Crippen LogP contribution < -0.4 is 5.56 Å². The summed E-state index contributed by atoms with van der Waals surface area (Å²) < 4.78 is 2.13. The van der Waals surface area contributed by atoms with Crippen molar-refractivity contribution in [2.75, 3.05) is 0 Å². The molecule has 3 aromatic rings. The molecule has 0 aliphatic heterocycles. The van der Waals surface area contributed by atoms with E-state index in [9.17, 15) is 4.79 Å². The fourth-order valence-electron chi connectivity index (χ4n) is 2.32. The van der Waals surface area contributed by atoms with Gasteiger partial charge < -0.3 is 4.98 Å². The molecule has 4 nitrogen and oxygen atoms in total. The lowest BCUT2D eigenvalue weighted by Gasteiger charge is -2.05. The Morgan fingerprint density at radius 2 is 2.14 bits per heavy atom. The van der Waals surface area contributed by atoms with E-state index in [1.807, 2.05) is 26.2 Å². The summed E-state index contributed by atoms with van der Waals surface area (Å²) in [6.45, 7) is 6.55. The van der Waals surface area contributed by atoms with Crippen molar-refractivity contribution in [1.82, 2.24) is 14.5 Å². The Kier molecular flexibility index (Phi) is 3.81. The number of nitrogens with one attached hydrogen (secondary N) is 1. The number of fused-ring (bicyclic) bond motifs is 1. The number of aromatic amines is 1. The molecule has 0 saturated heterocycles. The van der Waals surface area contributed by atoms with Crippen LogP contribution >= 0.6 is 34.9 Å². The number of rotatable bonds is 3. The molecule has 21 heavy (non-hydrogen) atoms. The molecule has 3 heterocycles. The third kappa shape index (κ3) is 2.61. The van der Waals surface area contributed by atoms with Crippen molar-refractivity contribution in [3.63, 3.8) is 0 Å². The van der Waals surface area contributed by atoms with Crippen LogP contribution in [-0.4, -0.2) is 14.5 Å². The molecule has 0 aromatic carbocycles. The zero-order valence-electron chi connectivity index (χ0n) is 12.0. The van der Waals surface area contributed by atoms with Gasteiger partial charge in [0.05, 0.1) is 16.1 Å². The first kappa shape index (κ1) is 14.6. The average Bonchev–Trinajstić information content (AvgIpc) is 2.94. The zero-order chi connectivity index (χ0) is 15.1. The van der Waals surface area contributed by atoms with Crippen LogP contribution in [0.2, 0.25) is 0 Å². The number of thiophene rings is 1. The first-order chi connectivity index (χ1) is 9.97. The van der Waals surface area contributed by atoms with Gasteiger partial charge in [-0.25, -0.2) is 4.98 Å². The highest BCUT2D eigenvalue weighted by atomic mass is 32.1. The van der Waals surface area contributed by atoms with E-state index in [-0.39, 0.29) is 5.56 Å². The van der Waals surface area contributed by atoms with Gasteiger partial charge >= 0.3 is 0 Å². The Morgan fingerprint density at radius 3 is 2.81 bits per heavy atom. The van der Waals surface area contributed by atoms with E-state index < -0.39 is 0 Å². The minimum Gasteiger partial charge on any atom is -0.323 e. The monoisotopic (exact) mass is 337 g/mol. The van der Waals surface area contributed by atoms with Gasteiger partial charge in [-0.1, -0.05) is 0 Å². The summed E-state index contributed by atoms with van der Waals surface area (Å²) in [6.07, 6.45) is 0.718. The van der Waals surface area contributed by atoms with Crippen LogP contribution in [-0.2, 0) is 13.0 Å². The van der Waals surface area contributed by atoms with Gasteiger partial charge in [0.15, 0.2) is 4.77 Å². The van der Waals surface area contributed by atoms with E-state index in [0.717, 1.165) is 37.8 Å². The highest BCUT2D eigenvalue weighted by molar-refractivity contribution is 7.71. The molecule has 0 unspecified atom stereocenters. The van der Waals surface area contributed by atoms with E-state index in [0.29, 0.717) is 11.3 Å². The Bertz CT molecular complexity index is 929. The third-order valence-corrected chi connectivity index (χ3v) is 5.84. The average molecular weight is 337 g/mol. The molecule has 0 aliphatic carbocycles. The molecule has 1 N–H and O–H groups in total. The minimum absolute atomic E-state index is 0.00236. The third-order valence-electron chi connectivity index (χ3n) is 3.57. The van der Waals surface area contributed by atoms with Crippen molar-refractivity contribution in [2.45, 2.75) is 33.7 Å². The Hall–Kier alpha value is -1.31. The molecule has 0 amide bonds. The summed E-state index contributed by atoms with van der Waals surface area (Å²) in [6, 6.07) is 0. The van der Waals surface area contributed by atoms with E-state index in [1.165, 1.54) is 0 Å². The lowest BCUT2D eigenvalue weighted by molar-refractivity contribution is 0.646. The Balaban J connectivity index is 2.04. The topological polar surface area (TPSA) is 50.7 Å². The highest BCUT2D eigenvalue weighted by Gasteiger charge is 2.13. The maximum Gasteiger partial charge on any atom is 0.263 e. The maximum atomic E-state index is 12.7. The fraction of sp³-hybridized carbons (Fsp3) is 0.357. The number of H-pyrrole nitrogens is 1. The summed E-state index contributed by atoms with van der Waals surface area (Å²) in [5.41, 5.74) is 2.06. The van der Waals surface area contributed by atoms with Crippen molar-refractivity contribution in [1.29, 1.82) is 0 Å². The standard InChI is InChI=1S/C14H15N3OS3/c1-7-8(2)21-12-11(7)13(18)17(14(19)16-12)5-4-10-6-20-9(3)15-10/h6H,4-5H2,1-3H3,(H,16,19). The van der Waals surface area contributed by atoms with Gasteiger partial charge in [-0.15, -0.1) is 22.7 Å². The van der Waals surface area contributed by atoms with Crippen molar-refractivity contribution in [3.8, 4) is 0 Å². The second kappa shape index (κ2) is 5.47. The second-order valence-electron chi connectivity index (χ2n) is 4.98. The predicted molar refractivity (Wildman–Crippen MR) is 91.3 cm³/mol. The number of thiazole rings is 1. The van der Waals surface area contributed by atoms with Gasteiger partial charge in [0.25, 0.3) is 5.56 Å². The molecular formula is C14H15N3OS3. The van der Waals surface area contributed by atoms with E-state index in [4.69, 9.17) is 12.2 Å². The number of hydrogen-bond acceptors (Lipinski definition) is 5. The molecular weight excluding hydrogens is 322 g/mol. The van der Waals surface area contributed by atoms with Gasteiger partial charge in [-0.3, -0.25) is 9.36 Å². The predicted octanol–water partition coefficient (Wildman–Crippen LogP) is 3.75. The van der Waals surface area contributed by atoms with Crippen molar-refractivity contribution in [3.05, 3.63) is 41.6 Å². The van der Waals surface area contributed by atoms with Gasteiger partial charge in [-0.05, 0) is 38.6 Å². The first-order valence-electron chi connectivity index (χ1n) is 6.61. The lowest BCUT2D eigenvalue weighted by atomic mass is 10.2. The summed E-state index contributed by atoms with van der Waals surface area (Å²) in [7, 11) is 0. The number of aryl methyl sites for hydroxylation is 4. The largest absolute Gasteiger partial charge is 0.323 e. The molecule has 7 heteroatoms. The van der Waals surface area contributed by atoms with Gasteiger partial charge in [0, 0.05) is 23.2 Å². The fourth-order valence-corrected chi connectivity index (χ4v) is 4.36. The number of nitrogens with zero attached hydrogens (tertiary/aromatic N) is 2. The molecule has 0 atom stereocenters. The molecule has 3 aromatic heterocycles. The number of hydrogen-bond donors (Lipinski definition) is 1. The Morgan fingerprint density at radius 1 is 1.38 bits per heavy atom. The van der Waals surface area contributed by atoms with Crippen LogP contribution in [0.3, 0.4) is 0 Å². The van der Waals surface area contributed by atoms with Gasteiger partial charge in [0.2, 0.25) is 0 Å². The molecule has 0 aliphatic rings. The van der Waals surface area contributed by atoms with Gasteiger partial charge in [0.1, 0.15) is 4.83 Å². The molecule has 0 radical (unpaired) electrons. The van der Waals surface area contributed by atoms with Crippen LogP contribution in [0.25, 0.3) is 10.2 Å². The summed E-state index contributed by atoms with van der Waals surface area (Å²) in [4.78, 5) is 22.3. The highest BCUT2D eigenvalue weighted by Crippen LogP contribution is 2.25. The van der Waals surface area contributed by atoms with Crippen LogP contribution in [0.15, 0.2) is 10.2 Å². The zero-order valence-corrected chi connectivity index (χ0v) is 14.5. The molecule has 0 saturated carbocycles. The van der Waals surface area contributed by atoms with E-state index in [2.05, 4.69) is 9.97 Å². The normalized spacial score (nSPS) is 11.4. The molecule has 0 bridgehead atoms. The number of aromatic nitrogens is 3. The maximum absolute atomic E-state index is 12.7. The van der Waals surface area contributed by atoms with Crippen molar-refractivity contribution >= 4 is 45.1 Å². The van der Waals surface area contributed by atoms with E-state index >= 15 is 0 Å². The lowest BCUT2D eigenvalue weighted by Crippen LogP contribution is -2.23. The van der Waals surface area contributed by atoms with Crippen molar-refractivity contribution in [2.24, 2.45) is 0 Å². The molecule has 0 spiro atoms. The second-order valence-corrected chi connectivity index (χ2v) is 7.66. The van der Waals surface area contributed by atoms with Gasteiger partial charge in [-0.2, -0.15) is 0 Å². The SMILES string of the molecule is Cc1nc(CCn2c(=S)[nH]c3sc(C)c(C)c3c2=O)cs1. The summed E-state index contributed by atoms with van der Waals surface area (Å²) in [5.74, 6) is 0. The first-order valence-corrected chi connectivity index (χ1v) is 8.71.